The van der Waals surface area contributed by atoms with Crippen LogP contribution in [0.15, 0.2) is 12.5 Å². The van der Waals surface area contributed by atoms with Gasteiger partial charge in [0.05, 0.1) is 0 Å². The molecule has 0 saturated carbocycles. The number of hydrogen-bond donors (Lipinski definition) is 0. The average molecular weight is 277 g/mol. The Balaban J connectivity index is 3.14. The van der Waals surface area contributed by atoms with E-state index in [0.29, 0.717) is 0 Å². The molecular weight excluding hydrogens is 250 g/mol. The molecular formula is C16H27N3O. The van der Waals surface area contributed by atoms with Crippen molar-refractivity contribution in [3.05, 3.63) is 18.1 Å². The zero-order valence-electron chi connectivity index (χ0n) is 13.2. The summed E-state index contributed by atoms with van der Waals surface area (Å²) in [6, 6.07) is 0.244. The molecule has 0 saturated heterocycles. The summed E-state index contributed by atoms with van der Waals surface area (Å²) >= 11 is 0. The Kier molecular flexibility index (Phi) is 7.20. The van der Waals surface area contributed by atoms with Crippen LogP contribution in [0.4, 0.5) is 5.82 Å². The number of carbonyl (C=O) groups excluding carboxylic acids is 1. The molecule has 20 heavy (non-hydrogen) atoms. The molecule has 1 rings (SSSR count). The van der Waals surface area contributed by atoms with Crippen LogP contribution in [0.2, 0.25) is 0 Å². The van der Waals surface area contributed by atoms with Crippen molar-refractivity contribution in [2.45, 2.75) is 72.3 Å². The fourth-order valence-electron chi connectivity index (χ4n) is 2.66. The quantitative estimate of drug-likeness (QED) is 0.727. The molecule has 1 aromatic heterocycles. The highest BCUT2D eigenvalue weighted by atomic mass is 16.2. The highest BCUT2D eigenvalue weighted by molar-refractivity contribution is 5.91. The normalized spacial score (nSPS) is 10.8. The van der Waals surface area contributed by atoms with Gasteiger partial charge in [-0.25, -0.2) is 9.97 Å². The Morgan fingerprint density at radius 3 is 2.35 bits per heavy atom. The minimum Gasteiger partial charge on any atom is -0.294 e. The molecule has 0 aliphatic carbocycles. The van der Waals surface area contributed by atoms with Gasteiger partial charge in [0.25, 0.3) is 0 Å². The van der Waals surface area contributed by atoms with Gasteiger partial charge in [0.15, 0.2) is 0 Å². The largest absolute Gasteiger partial charge is 0.294 e. The van der Waals surface area contributed by atoms with Crippen LogP contribution in [0.1, 0.15) is 65.4 Å². The van der Waals surface area contributed by atoms with Gasteiger partial charge in [-0.3, -0.25) is 9.69 Å². The number of amides is 1. The predicted molar refractivity (Wildman–Crippen MR) is 82.8 cm³/mol. The van der Waals surface area contributed by atoms with Crippen LogP contribution in [-0.2, 0) is 11.2 Å². The number of aromatic nitrogens is 2. The van der Waals surface area contributed by atoms with Gasteiger partial charge in [-0.2, -0.15) is 0 Å². The van der Waals surface area contributed by atoms with Crippen molar-refractivity contribution in [1.29, 1.82) is 0 Å². The number of rotatable bonds is 8. The van der Waals surface area contributed by atoms with E-state index in [1.54, 1.807) is 13.3 Å². The molecule has 0 aliphatic heterocycles. The molecule has 0 radical (unpaired) electrons. The first kappa shape index (κ1) is 16.6. The molecule has 1 heterocycles. The Hall–Kier alpha value is -1.45. The van der Waals surface area contributed by atoms with Crippen LogP contribution in [0, 0.1) is 0 Å². The van der Waals surface area contributed by atoms with Gasteiger partial charge in [-0.15, -0.1) is 0 Å². The van der Waals surface area contributed by atoms with Crippen molar-refractivity contribution in [3.8, 4) is 0 Å². The number of aryl methyl sites for hydroxylation is 1. The van der Waals surface area contributed by atoms with Crippen molar-refractivity contribution in [2.24, 2.45) is 0 Å². The maximum atomic E-state index is 12.2. The molecule has 0 aliphatic rings. The van der Waals surface area contributed by atoms with Gasteiger partial charge in [0.1, 0.15) is 12.1 Å². The van der Waals surface area contributed by atoms with E-state index in [4.69, 9.17) is 0 Å². The van der Waals surface area contributed by atoms with Gasteiger partial charge in [-0.1, -0.05) is 40.0 Å². The second-order valence-corrected chi connectivity index (χ2v) is 5.24. The smallest absolute Gasteiger partial charge is 0.225 e. The minimum atomic E-state index is 0.0768. The molecule has 1 amide bonds. The lowest BCUT2D eigenvalue weighted by molar-refractivity contribution is -0.117. The third-order valence-electron chi connectivity index (χ3n) is 3.46. The lowest BCUT2D eigenvalue weighted by atomic mass is 10.0. The number of anilines is 1. The van der Waals surface area contributed by atoms with E-state index < -0.39 is 0 Å². The van der Waals surface area contributed by atoms with Crippen LogP contribution >= 0.6 is 0 Å². The Bertz CT molecular complexity index is 414. The zero-order valence-corrected chi connectivity index (χ0v) is 13.2. The van der Waals surface area contributed by atoms with Crippen molar-refractivity contribution >= 4 is 11.7 Å². The Labute approximate surface area is 122 Å². The van der Waals surface area contributed by atoms with E-state index in [9.17, 15) is 4.79 Å². The first-order valence-electron chi connectivity index (χ1n) is 7.74. The van der Waals surface area contributed by atoms with Crippen molar-refractivity contribution in [1.82, 2.24) is 9.97 Å². The lowest BCUT2D eigenvalue weighted by Gasteiger charge is -2.31. The molecule has 112 valence electrons. The number of carbonyl (C=O) groups is 1. The predicted octanol–water partition coefficient (Wildman–Crippen LogP) is 3.75. The summed E-state index contributed by atoms with van der Waals surface area (Å²) in [5.41, 5.74) is 1.07. The second-order valence-electron chi connectivity index (χ2n) is 5.24. The summed E-state index contributed by atoms with van der Waals surface area (Å²) in [6.45, 7) is 8.09. The molecule has 0 unspecified atom stereocenters. The molecule has 1 aromatic rings. The molecule has 4 nitrogen and oxygen atoms in total. The average Bonchev–Trinajstić information content (AvgIpc) is 2.41. The highest BCUT2D eigenvalue weighted by Gasteiger charge is 2.24. The van der Waals surface area contributed by atoms with E-state index in [1.165, 1.54) is 0 Å². The highest BCUT2D eigenvalue weighted by Crippen LogP contribution is 2.24. The summed E-state index contributed by atoms with van der Waals surface area (Å²) in [7, 11) is 0. The Morgan fingerprint density at radius 2 is 1.85 bits per heavy atom. The maximum Gasteiger partial charge on any atom is 0.225 e. The fraction of sp³-hybridized carbons (Fsp3) is 0.688. The maximum absolute atomic E-state index is 12.2. The molecule has 0 atom stereocenters. The van der Waals surface area contributed by atoms with Gasteiger partial charge >= 0.3 is 0 Å². The molecule has 0 aromatic carbocycles. The molecule has 0 fully saturated rings. The number of hydrogen-bond acceptors (Lipinski definition) is 3. The summed E-state index contributed by atoms with van der Waals surface area (Å²) in [6.07, 6.45) is 9.50. The summed E-state index contributed by atoms with van der Waals surface area (Å²) in [5, 5.41) is 0. The Morgan fingerprint density at radius 1 is 1.20 bits per heavy atom. The SMILES string of the molecule is CCCc1cncnc1N(C(C)=O)C(CCC)CCC. The monoisotopic (exact) mass is 277 g/mol. The van der Waals surface area contributed by atoms with Crippen molar-refractivity contribution in [3.63, 3.8) is 0 Å². The first-order chi connectivity index (χ1) is 9.65. The molecule has 0 N–H and O–H groups in total. The lowest BCUT2D eigenvalue weighted by Crippen LogP contribution is -2.40. The van der Waals surface area contributed by atoms with E-state index >= 15 is 0 Å². The van der Waals surface area contributed by atoms with Crippen LogP contribution in [-0.4, -0.2) is 21.9 Å². The summed E-state index contributed by atoms with van der Waals surface area (Å²) in [4.78, 5) is 22.6. The first-order valence-corrected chi connectivity index (χ1v) is 7.74. The molecule has 0 spiro atoms. The van der Waals surface area contributed by atoms with Gasteiger partial charge in [0, 0.05) is 24.7 Å². The third kappa shape index (κ3) is 4.29. The van der Waals surface area contributed by atoms with Crippen molar-refractivity contribution in [2.75, 3.05) is 4.90 Å². The van der Waals surface area contributed by atoms with Gasteiger partial charge in [0.2, 0.25) is 5.91 Å². The minimum absolute atomic E-state index is 0.0768. The third-order valence-corrected chi connectivity index (χ3v) is 3.46. The van der Waals surface area contributed by atoms with E-state index in [-0.39, 0.29) is 11.9 Å². The van der Waals surface area contributed by atoms with Crippen LogP contribution in [0.25, 0.3) is 0 Å². The van der Waals surface area contributed by atoms with Crippen molar-refractivity contribution < 1.29 is 4.79 Å². The van der Waals surface area contributed by atoms with Crippen LogP contribution in [0.5, 0.6) is 0 Å². The van der Waals surface area contributed by atoms with E-state index in [1.807, 2.05) is 11.1 Å². The standard InChI is InChI=1S/C16H27N3O/c1-5-8-14-11-17-12-18-16(14)19(13(4)20)15(9-6-2)10-7-3/h11-12,15H,5-10H2,1-4H3. The zero-order chi connectivity index (χ0) is 15.0. The topological polar surface area (TPSA) is 46.1 Å². The van der Waals surface area contributed by atoms with Gasteiger partial charge < -0.3 is 0 Å². The van der Waals surface area contributed by atoms with E-state index in [0.717, 1.165) is 49.9 Å². The van der Waals surface area contributed by atoms with Gasteiger partial charge in [-0.05, 0) is 19.3 Å². The fourth-order valence-corrected chi connectivity index (χ4v) is 2.66. The summed E-state index contributed by atoms with van der Waals surface area (Å²) < 4.78 is 0. The summed E-state index contributed by atoms with van der Waals surface area (Å²) in [5.74, 6) is 0.884. The van der Waals surface area contributed by atoms with Crippen LogP contribution in [0.3, 0.4) is 0 Å². The second kappa shape index (κ2) is 8.67. The van der Waals surface area contributed by atoms with E-state index in [2.05, 4.69) is 30.7 Å². The van der Waals surface area contributed by atoms with Crippen LogP contribution < -0.4 is 4.90 Å². The molecule has 4 heteroatoms. The number of nitrogens with zero attached hydrogens (tertiary/aromatic N) is 3. The molecule has 0 bridgehead atoms.